The zero-order valence-corrected chi connectivity index (χ0v) is 24.8. The first kappa shape index (κ1) is 30.1. The predicted octanol–water partition coefficient (Wildman–Crippen LogP) is 3.27. The summed E-state index contributed by atoms with van der Waals surface area (Å²) in [5.74, 6) is 0.852. The number of anilines is 3. The Morgan fingerprint density at radius 2 is 1.68 bits per heavy atom. The van der Waals surface area contributed by atoms with Gasteiger partial charge >= 0.3 is 0 Å². The fraction of sp³-hybridized carbons (Fsp3) is 0.367. The van der Waals surface area contributed by atoms with Gasteiger partial charge in [-0.05, 0) is 36.2 Å². The van der Waals surface area contributed by atoms with Gasteiger partial charge in [0.05, 0.1) is 37.6 Å². The van der Waals surface area contributed by atoms with E-state index < -0.39 is 22.9 Å². The average molecular weight is 626 g/mol. The maximum absolute atomic E-state index is 16.1. The molecular formula is C30H33F2N7O4S. The van der Waals surface area contributed by atoms with Crippen LogP contribution in [0.1, 0.15) is 18.2 Å². The van der Waals surface area contributed by atoms with Crippen molar-refractivity contribution in [3.05, 3.63) is 60.0 Å². The van der Waals surface area contributed by atoms with Gasteiger partial charge in [-0.3, -0.25) is 0 Å². The monoisotopic (exact) mass is 625 g/mol. The number of nitrogens with two attached hydrogens (primary N) is 1. The molecule has 6 rings (SSSR count). The zero-order chi connectivity index (χ0) is 30.6. The van der Waals surface area contributed by atoms with Crippen molar-refractivity contribution in [2.75, 3.05) is 74.7 Å². The summed E-state index contributed by atoms with van der Waals surface area (Å²) in [6.45, 7) is 4.42. The van der Waals surface area contributed by atoms with Crippen molar-refractivity contribution < 1.29 is 26.7 Å². The van der Waals surface area contributed by atoms with Crippen LogP contribution in [0.5, 0.6) is 0 Å². The van der Waals surface area contributed by atoms with E-state index in [0.717, 1.165) is 11.1 Å². The quantitative estimate of drug-likeness (QED) is 0.238. The molecule has 0 bridgehead atoms. The zero-order valence-electron chi connectivity index (χ0n) is 23.9. The third-order valence-corrected chi connectivity index (χ3v) is 8.26. The molecule has 0 radical (unpaired) electrons. The van der Waals surface area contributed by atoms with Crippen molar-refractivity contribution in [1.82, 2.24) is 19.7 Å². The minimum atomic E-state index is -2.86. The Labute approximate surface area is 255 Å². The van der Waals surface area contributed by atoms with Gasteiger partial charge in [0.1, 0.15) is 23.6 Å². The molecule has 232 valence electrons. The molecule has 0 spiro atoms. The van der Waals surface area contributed by atoms with Crippen LogP contribution in [0.25, 0.3) is 33.4 Å². The number of thiol groups is 1. The molecule has 0 amide bonds. The summed E-state index contributed by atoms with van der Waals surface area (Å²) >= 11 is 0. The first-order chi connectivity index (χ1) is 21.4. The highest BCUT2D eigenvalue weighted by molar-refractivity contribution is 7.70. The van der Waals surface area contributed by atoms with E-state index in [9.17, 15) is 8.42 Å². The molecule has 2 aromatic carbocycles. The Balaban J connectivity index is 1.53. The summed E-state index contributed by atoms with van der Waals surface area (Å²) in [5, 5.41) is 0.725. The summed E-state index contributed by atoms with van der Waals surface area (Å²) < 4.78 is 66.3. The molecule has 1 atom stereocenters. The molecule has 1 unspecified atom stereocenters. The first-order valence-corrected chi connectivity index (χ1v) is 15.6. The predicted molar refractivity (Wildman–Crippen MR) is 165 cm³/mol. The fourth-order valence-electron chi connectivity index (χ4n) is 5.54. The number of fused-ring (bicyclic) bond motifs is 1. The van der Waals surface area contributed by atoms with Crippen LogP contribution in [0.4, 0.5) is 26.1 Å². The number of nitrogen functional groups attached to an aromatic ring is 1. The van der Waals surface area contributed by atoms with Crippen molar-refractivity contribution in [3.8, 4) is 22.5 Å². The largest absolute Gasteiger partial charge is 0.384 e. The molecule has 2 aliphatic rings. The van der Waals surface area contributed by atoms with E-state index in [2.05, 4.69) is 19.5 Å². The first-order valence-electron chi connectivity index (χ1n) is 14.4. The minimum absolute atomic E-state index is 0.130. The van der Waals surface area contributed by atoms with Crippen LogP contribution in [0, 0.1) is 5.82 Å². The Kier molecular flexibility index (Phi) is 9.12. The minimum Gasteiger partial charge on any atom is -0.384 e. The number of rotatable bonds is 9. The van der Waals surface area contributed by atoms with Gasteiger partial charge < -0.3 is 25.0 Å². The van der Waals surface area contributed by atoms with Crippen molar-refractivity contribution >= 4 is 39.1 Å². The number of nitrogens with zero attached hydrogens (tertiary/aromatic N) is 5. The third-order valence-electron chi connectivity index (χ3n) is 7.78. The van der Waals surface area contributed by atoms with Gasteiger partial charge in [-0.25, -0.2) is 36.9 Å². The summed E-state index contributed by atoms with van der Waals surface area (Å²) in [5.41, 5.74) is 8.66. The second kappa shape index (κ2) is 13.3. The Morgan fingerprint density at radius 1 is 0.955 bits per heavy atom. The topological polar surface area (TPSA) is 136 Å². The molecule has 11 nitrogen and oxygen atoms in total. The number of morpholine rings is 2. The van der Waals surface area contributed by atoms with E-state index >= 15 is 8.78 Å². The number of alkyl halides is 1. The number of ether oxygens (including phenoxy) is 2. The standard InChI is InChI=1S/C30H33F2N7O4S/c31-24(6-7-35-44(40)41)22-3-1-2-21(27(22)32)20-16-23-28(25(17-20)38-8-12-42-13-9-38)36-29(19-4-5-26(33)34-18-19)37-30(23)39-10-14-43-15-11-39/h1-5,16-18,24,44H,6-15H2,(H2,33,34)(H,35,40,41). The highest BCUT2D eigenvalue weighted by atomic mass is 32.2. The molecule has 2 aromatic heterocycles. The molecule has 2 fully saturated rings. The molecule has 2 aliphatic heterocycles. The summed E-state index contributed by atoms with van der Waals surface area (Å²) in [6.07, 6.45) is -0.250. The fourth-order valence-corrected chi connectivity index (χ4v) is 5.85. The maximum atomic E-state index is 16.1. The molecule has 14 heteroatoms. The lowest BCUT2D eigenvalue weighted by Gasteiger charge is -2.32. The number of hydrogen-bond donors (Lipinski definition) is 3. The van der Waals surface area contributed by atoms with Gasteiger partial charge in [0.25, 0.3) is 0 Å². The smallest absolute Gasteiger partial charge is 0.201 e. The Morgan fingerprint density at radius 3 is 2.36 bits per heavy atom. The number of nitrogens with one attached hydrogen (secondary N) is 1. The SMILES string of the molecule is Nc1ccc(-c2nc(N3CCOCC3)c3cc(-c4cccc(C(F)CCN[SH](=O)=O)c4F)cc(N4CCOCC4)c3n2)cn1. The lowest BCUT2D eigenvalue weighted by Crippen LogP contribution is -2.37. The maximum Gasteiger partial charge on any atom is 0.201 e. The van der Waals surface area contributed by atoms with Crippen LogP contribution in [-0.2, 0) is 20.4 Å². The van der Waals surface area contributed by atoms with Crippen LogP contribution in [0.2, 0.25) is 0 Å². The van der Waals surface area contributed by atoms with E-state index in [1.54, 1.807) is 24.4 Å². The van der Waals surface area contributed by atoms with E-state index in [-0.39, 0.29) is 24.1 Å². The lowest BCUT2D eigenvalue weighted by molar-refractivity contribution is 0.122. The lowest BCUT2D eigenvalue weighted by atomic mass is 9.96. The summed E-state index contributed by atoms with van der Waals surface area (Å²) in [7, 11) is -2.86. The van der Waals surface area contributed by atoms with Gasteiger partial charge in [-0.1, -0.05) is 18.2 Å². The van der Waals surface area contributed by atoms with E-state index in [4.69, 9.17) is 25.2 Å². The van der Waals surface area contributed by atoms with Crippen molar-refractivity contribution in [3.63, 3.8) is 0 Å². The van der Waals surface area contributed by atoms with Crippen LogP contribution in [-0.4, -0.2) is 82.5 Å². The molecule has 0 saturated carbocycles. The second-order valence-electron chi connectivity index (χ2n) is 10.6. The highest BCUT2D eigenvalue weighted by Gasteiger charge is 2.25. The van der Waals surface area contributed by atoms with Crippen molar-refractivity contribution in [2.24, 2.45) is 0 Å². The third kappa shape index (κ3) is 6.43. The van der Waals surface area contributed by atoms with Crippen LogP contribution in [0.15, 0.2) is 48.7 Å². The van der Waals surface area contributed by atoms with E-state index in [0.29, 0.717) is 86.7 Å². The molecule has 4 heterocycles. The van der Waals surface area contributed by atoms with Gasteiger partial charge in [0, 0.05) is 61.0 Å². The van der Waals surface area contributed by atoms with Gasteiger partial charge in [0.15, 0.2) is 5.82 Å². The van der Waals surface area contributed by atoms with Crippen molar-refractivity contribution in [2.45, 2.75) is 12.6 Å². The van der Waals surface area contributed by atoms with Crippen molar-refractivity contribution in [1.29, 1.82) is 0 Å². The van der Waals surface area contributed by atoms with E-state index in [1.807, 2.05) is 18.2 Å². The Hall–Kier alpha value is -3.98. The highest BCUT2D eigenvalue weighted by Crippen LogP contribution is 2.40. The molecular weight excluding hydrogens is 592 g/mol. The summed E-state index contributed by atoms with van der Waals surface area (Å²) in [4.78, 5) is 18.5. The van der Waals surface area contributed by atoms with Crippen LogP contribution >= 0.6 is 0 Å². The summed E-state index contributed by atoms with van der Waals surface area (Å²) in [6, 6.07) is 11.9. The van der Waals surface area contributed by atoms with Crippen LogP contribution in [0.3, 0.4) is 0 Å². The number of benzene rings is 2. The van der Waals surface area contributed by atoms with Gasteiger partial charge in [0.2, 0.25) is 10.9 Å². The van der Waals surface area contributed by atoms with Crippen LogP contribution < -0.4 is 20.3 Å². The number of halogens is 2. The number of pyridine rings is 1. The molecule has 3 N–H and O–H groups in total. The average Bonchev–Trinajstić information content (AvgIpc) is 3.05. The van der Waals surface area contributed by atoms with Gasteiger partial charge in [-0.2, -0.15) is 0 Å². The van der Waals surface area contributed by atoms with Gasteiger partial charge in [-0.15, -0.1) is 0 Å². The number of hydrogen-bond acceptors (Lipinski definition) is 10. The second-order valence-corrected chi connectivity index (χ2v) is 11.4. The molecule has 2 saturated heterocycles. The number of aromatic nitrogens is 3. The molecule has 44 heavy (non-hydrogen) atoms. The molecule has 4 aromatic rings. The normalized spacial score (nSPS) is 16.5. The van der Waals surface area contributed by atoms with E-state index in [1.165, 1.54) is 6.07 Å². The Bertz CT molecular complexity index is 1700. The molecule has 0 aliphatic carbocycles.